The minimum atomic E-state index is -4.19. The summed E-state index contributed by atoms with van der Waals surface area (Å²) in [6, 6.07) is 28.6. The highest BCUT2D eigenvalue weighted by Crippen LogP contribution is 2.29. The SMILES string of the molecule is CCCCNC(=O)C(Cc1ccccc1)N(Cc1c(Cl)cccc1Cl)C(=O)CN(c1ccc(C(C)C)cc1)S(=O)(=O)c1ccccc1. The third-order valence-electron chi connectivity index (χ3n) is 7.95. The summed E-state index contributed by atoms with van der Waals surface area (Å²) in [6.45, 7) is 5.89. The lowest BCUT2D eigenvalue weighted by atomic mass is 10.0. The number of benzene rings is 4. The average molecular weight is 695 g/mol. The number of hydrogen-bond donors (Lipinski definition) is 1. The molecule has 10 heteroatoms. The Kier molecular flexibility index (Phi) is 12.9. The molecule has 7 nitrogen and oxygen atoms in total. The second-order valence-corrected chi connectivity index (χ2v) is 14.3. The van der Waals surface area contributed by atoms with E-state index in [0.29, 0.717) is 27.8 Å². The van der Waals surface area contributed by atoms with Gasteiger partial charge < -0.3 is 10.2 Å². The quantitative estimate of drug-likeness (QED) is 0.128. The predicted molar refractivity (Wildman–Crippen MR) is 190 cm³/mol. The minimum Gasteiger partial charge on any atom is -0.354 e. The van der Waals surface area contributed by atoms with Crippen molar-refractivity contribution in [3.63, 3.8) is 0 Å². The molecule has 4 aromatic carbocycles. The fourth-order valence-corrected chi connectivity index (χ4v) is 7.14. The van der Waals surface area contributed by atoms with Crippen molar-refractivity contribution in [3.05, 3.63) is 130 Å². The average Bonchev–Trinajstić information content (AvgIpc) is 3.07. The van der Waals surface area contributed by atoms with Gasteiger partial charge in [0.2, 0.25) is 11.8 Å². The van der Waals surface area contributed by atoms with E-state index in [1.54, 1.807) is 48.5 Å². The van der Waals surface area contributed by atoms with Gasteiger partial charge in [-0.15, -0.1) is 0 Å². The molecule has 47 heavy (non-hydrogen) atoms. The van der Waals surface area contributed by atoms with Crippen molar-refractivity contribution in [1.29, 1.82) is 0 Å². The third kappa shape index (κ3) is 9.37. The summed E-state index contributed by atoms with van der Waals surface area (Å²) in [5.41, 5.74) is 2.65. The number of amides is 2. The zero-order valence-electron chi connectivity index (χ0n) is 26.9. The van der Waals surface area contributed by atoms with Gasteiger partial charge in [0.25, 0.3) is 10.0 Å². The van der Waals surface area contributed by atoms with Crippen LogP contribution in [0.15, 0.2) is 108 Å². The second kappa shape index (κ2) is 16.8. The molecule has 0 heterocycles. The first kappa shape index (κ1) is 36.0. The molecule has 0 radical (unpaired) electrons. The summed E-state index contributed by atoms with van der Waals surface area (Å²) in [5, 5.41) is 3.64. The van der Waals surface area contributed by atoms with E-state index in [0.717, 1.165) is 28.3 Å². The fraction of sp³-hybridized carbons (Fsp3) is 0.297. The molecule has 0 aromatic heterocycles. The van der Waals surface area contributed by atoms with Gasteiger partial charge in [-0.05, 0) is 59.9 Å². The first-order chi connectivity index (χ1) is 22.5. The van der Waals surface area contributed by atoms with Gasteiger partial charge in [-0.25, -0.2) is 8.42 Å². The lowest BCUT2D eigenvalue weighted by molar-refractivity contribution is -0.140. The van der Waals surface area contributed by atoms with E-state index in [9.17, 15) is 18.0 Å². The van der Waals surface area contributed by atoms with Gasteiger partial charge in [0.05, 0.1) is 10.6 Å². The number of carbonyl (C=O) groups excluding carboxylic acids is 2. The van der Waals surface area contributed by atoms with E-state index in [4.69, 9.17) is 23.2 Å². The summed E-state index contributed by atoms with van der Waals surface area (Å²) in [5.74, 6) is -0.705. The molecule has 4 aromatic rings. The molecule has 0 aliphatic rings. The molecular weight excluding hydrogens is 653 g/mol. The summed E-state index contributed by atoms with van der Waals surface area (Å²) in [4.78, 5) is 30.0. The van der Waals surface area contributed by atoms with Crippen molar-refractivity contribution >= 4 is 50.7 Å². The van der Waals surface area contributed by atoms with Crippen molar-refractivity contribution in [2.45, 2.75) is 63.4 Å². The number of hydrogen-bond acceptors (Lipinski definition) is 4. The lowest BCUT2D eigenvalue weighted by Gasteiger charge is -2.34. The molecule has 0 aliphatic heterocycles. The molecule has 1 atom stereocenters. The molecule has 2 amide bonds. The van der Waals surface area contributed by atoms with Crippen molar-refractivity contribution in [3.8, 4) is 0 Å². The van der Waals surface area contributed by atoms with Crippen LogP contribution in [0.5, 0.6) is 0 Å². The highest BCUT2D eigenvalue weighted by molar-refractivity contribution is 7.92. The Morgan fingerprint density at radius 3 is 1.98 bits per heavy atom. The number of anilines is 1. The molecule has 0 fully saturated rings. The molecule has 0 spiro atoms. The monoisotopic (exact) mass is 693 g/mol. The van der Waals surface area contributed by atoms with E-state index in [-0.39, 0.29) is 29.7 Å². The standard InChI is InChI=1S/C37H41Cl2N3O4S/c1-4-5-23-40-37(44)35(24-28-13-8-6-9-14-28)41(25-32-33(38)17-12-18-34(32)39)36(43)26-42(30-21-19-29(20-22-30)27(2)3)47(45,46)31-15-10-7-11-16-31/h6-22,27,35H,4-5,23-26H2,1-3H3,(H,40,44). The Labute approximate surface area is 288 Å². The zero-order valence-corrected chi connectivity index (χ0v) is 29.2. The van der Waals surface area contributed by atoms with Crippen molar-refractivity contribution < 1.29 is 18.0 Å². The van der Waals surface area contributed by atoms with Gasteiger partial charge in [0, 0.05) is 35.1 Å². The summed E-state index contributed by atoms with van der Waals surface area (Å²) < 4.78 is 29.5. The molecule has 0 aliphatic carbocycles. The van der Waals surface area contributed by atoms with Crippen LogP contribution in [0.25, 0.3) is 0 Å². The van der Waals surface area contributed by atoms with Gasteiger partial charge in [-0.2, -0.15) is 0 Å². The number of rotatable bonds is 15. The molecule has 0 saturated carbocycles. The maximum atomic E-state index is 14.6. The minimum absolute atomic E-state index is 0.0413. The number of carbonyl (C=O) groups is 2. The van der Waals surface area contributed by atoms with Crippen molar-refractivity contribution in [1.82, 2.24) is 10.2 Å². The molecular formula is C37H41Cl2N3O4S. The van der Waals surface area contributed by atoms with E-state index >= 15 is 0 Å². The maximum Gasteiger partial charge on any atom is 0.264 e. The van der Waals surface area contributed by atoms with Crippen LogP contribution in [0.4, 0.5) is 5.69 Å². The second-order valence-electron chi connectivity index (χ2n) is 11.6. The maximum absolute atomic E-state index is 14.6. The Morgan fingerprint density at radius 1 is 0.809 bits per heavy atom. The highest BCUT2D eigenvalue weighted by atomic mass is 35.5. The highest BCUT2D eigenvalue weighted by Gasteiger charge is 2.35. The number of sulfonamides is 1. The first-order valence-electron chi connectivity index (χ1n) is 15.7. The normalized spacial score (nSPS) is 12.0. The van der Waals surface area contributed by atoms with Gasteiger partial charge in [0.1, 0.15) is 12.6 Å². The van der Waals surface area contributed by atoms with Gasteiger partial charge in [-0.1, -0.05) is 117 Å². The smallest absolute Gasteiger partial charge is 0.264 e. The summed E-state index contributed by atoms with van der Waals surface area (Å²) >= 11 is 13.2. The van der Waals surface area contributed by atoms with Crippen LogP contribution in [0.1, 0.15) is 56.2 Å². The largest absolute Gasteiger partial charge is 0.354 e. The number of nitrogens with zero attached hydrogens (tertiary/aromatic N) is 2. The van der Waals surface area contributed by atoms with Crippen LogP contribution in [-0.2, 0) is 32.6 Å². The van der Waals surface area contributed by atoms with Crippen LogP contribution in [0.3, 0.4) is 0 Å². The van der Waals surface area contributed by atoms with E-state index in [2.05, 4.69) is 5.32 Å². The molecule has 1 N–H and O–H groups in total. The fourth-order valence-electron chi connectivity index (χ4n) is 5.19. The lowest BCUT2D eigenvalue weighted by Crippen LogP contribution is -2.53. The van der Waals surface area contributed by atoms with Crippen LogP contribution in [0.2, 0.25) is 10.0 Å². The Hall–Kier alpha value is -3.85. The molecule has 0 saturated heterocycles. The molecule has 1 unspecified atom stereocenters. The Balaban J connectivity index is 1.82. The first-order valence-corrected chi connectivity index (χ1v) is 17.9. The van der Waals surface area contributed by atoms with Crippen LogP contribution in [-0.4, -0.2) is 44.3 Å². The third-order valence-corrected chi connectivity index (χ3v) is 10.4. The molecule has 248 valence electrons. The molecule has 0 bridgehead atoms. The summed E-state index contributed by atoms with van der Waals surface area (Å²) in [7, 11) is -4.19. The van der Waals surface area contributed by atoms with Crippen LogP contribution >= 0.6 is 23.2 Å². The Morgan fingerprint density at radius 2 is 1.40 bits per heavy atom. The molecule has 4 rings (SSSR count). The van der Waals surface area contributed by atoms with Gasteiger partial charge >= 0.3 is 0 Å². The van der Waals surface area contributed by atoms with Gasteiger partial charge in [0.15, 0.2) is 0 Å². The number of nitrogens with one attached hydrogen (secondary N) is 1. The predicted octanol–water partition coefficient (Wildman–Crippen LogP) is 7.87. The van der Waals surface area contributed by atoms with E-state index in [1.165, 1.54) is 17.0 Å². The van der Waals surface area contributed by atoms with Gasteiger partial charge in [-0.3, -0.25) is 13.9 Å². The zero-order chi connectivity index (χ0) is 34.0. The van der Waals surface area contributed by atoms with Crippen LogP contribution in [0, 0.1) is 0 Å². The number of unbranched alkanes of at least 4 members (excludes halogenated alkanes) is 1. The van der Waals surface area contributed by atoms with Crippen LogP contribution < -0.4 is 9.62 Å². The van der Waals surface area contributed by atoms with Crippen molar-refractivity contribution in [2.24, 2.45) is 0 Å². The van der Waals surface area contributed by atoms with Crippen molar-refractivity contribution in [2.75, 3.05) is 17.4 Å². The van der Waals surface area contributed by atoms with E-state index < -0.39 is 28.5 Å². The number of halogens is 2. The van der Waals surface area contributed by atoms with E-state index in [1.807, 2.05) is 63.2 Å². The Bertz CT molecular complexity index is 1710. The topological polar surface area (TPSA) is 86.8 Å². The summed E-state index contributed by atoms with van der Waals surface area (Å²) in [6.07, 6.45) is 1.84.